The minimum Gasteiger partial charge on any atom is -0.497 e. The number of hydrogen-bond donors (Lipinski definition) is 1. The Bertz CT molecular complexity index is 1070. The van der Waals surface area contributed by atoms with Crippen molar-refractivity contribution in [3.63, 3.8) is 0 Å². The van der Waals surface area contributed by atoms with Gasteiger partial charge in [0.05, 0.1) is 38.6 Å². The zero-order valence-electron chi connectivity index (χ0n) is 18.3. The van der Waals surface area contributed by atoms with E-state index in [1.54, 1.807) is 26.5 Å². The monoisotopic (exact) mass is 420 g/mol. The van der Waals surface area contributed by atoms with Crippen molar-refractivity contribution in [1.29, 1.82) is 0 Å². The summed E-state index contributed by atoms with van der Waals surface area (Å²) in [6.07, 6.45) is 2.57. The molecule has 2 atom stereocenters. The molecule has 31 heavy (non-hydrogen) atoms. The summed E-state index contributed by atoms with van der Waals surface area (Å²) >= 11 is 0. The number of methoxy groups -OCH3 is 2. The van der Waals surface area contributed by atoms with E-state index < -0.39 is 0 Å². The Balaban J connectivity index is 1.52. The van der Waals surface area contributed by atoms with Gasteiger partial charge in [-0.1, -0.05) is 18.2 Å². The second-order valence-corrected chi connectivity index (χ2v) is 7.87. The summed E-state index contributed by atoms with van der Waals surface area (Å²) in [5.41, 5.74) is 3.92. The standard InChI is InChI=1S/C25H28N2O4/c1-16-13-18-7-5-6-8-22(18)27(16)15-24-20(11-12-31-24)25(28)26-17(2)21-14-19(29-3)9-10-23(21)30-4/h5-12,14,16-17H,13,15H2,1-4H3,(H,26,28). The third kappa shape index (κ3) is 4.10. The normalized spacial score (nSPS) is 16.0. The summed E-state index contributed by atoms with van der Waals surface area (Å²) in [5.74, 6) is 1.89. The molecule has 1 amide bonds. The maximum Gasteiger partial charge on any atom is 0.255 e. The molecule has 3 aromatic rings. The molecule has 6 heteroatoms. The predicted molar refractivity (Wildman–Crippen MR) is 120 cm³/mol. The fourth-order valence-electron chi connectivity index (χ4n) is 4.22. The average molecular weight is 421 g/mol. The van der Waals surface area contributed by atoms with Gasteiger partial charge in [0.2, 0.25) is 0 Å². The van der Waals surface area contributed by atoms with Gasteiger partial charge in [0.25, 0.3) is 5.91 Å². The number of furan rings is 1. The quantitative estimate of drug-likeness (QED) is 0.598. The largest absolute Gasteiger partial charge is 0.497 e. The van der Waals surface area contributed by atoms with Crippen LogP contribution in [0.1, 0.15) is 47.1 Å². The molecule has 2 aromatic carbocycles. The van der Waals surface area contributed by atoms with Crippen molar-refractivity contribution in [2.75, 3.05) is 19.1 Å². The Morgan fingerprint density at radius 1 is 1.19 bits per heavy atom. The maximum atomic E-state index is 13.1. The lowest BCUT2D eigenvalue weighted by Gasteiger charge is -2.24. The fraction of sp³-hybridized carbons (Fsp3) is 0.320. The maximum absolute atomic E-state index is 13.1. The van der Waals surface area contributed by atoms with Crippen LogP contribution >= 0.6 is 0 Å². The number of rotatable bonds is 7. The molecule has 2 heterocycles. The molecule has 1 aliphatic rings. The van der Waals surface area contributed by atoms with Gasteiger partial charge >= 0.3 is 0 Å². The van der Waals surface area contributed by atoms with Crippen LogP contribution in [0.3, 0.4) is 0 Å². The van der Waals surface area contributed by atoms with E-state index in [1.807, 2.05) is 31.2 Å². The molecule has 0 saturated carbocycles. The average Bonchev–Trinajstić information content (AvgIpc) is 3.37. The first-order valence-corrected chi connectivity index (χ1v) is 10.5. The number of benzene rings is 2. The van der Waals surface area contributed by atoms with E-state index in [4.69, 9.17) is 13.9 Å². The van der Waals surface area contributed by atoms with Crippen molar-refractivity contribution in [3.8, 4) is 11.5 Å². The van der Waals surface area contributed by atoms with Crippen LogP contribution in [-0.2, 0) is 13.0 Å². The van der Waals surface area contributed by atoms with Crippen molar-refractivity contribution in [2.45, 2.75) is 38.9 Å². The van der Waals surface area contributed by atoms with Crippen LogP contribution in [0.2, 0.25) is 0 Å². The minimum atomic E-state index is -0.272. The van der Waals surface area contributed by atoms with Gasteiger partial charge < -0.3 is 24.1 Å². The van der Waals surface area contributed by atoms with Crippen molar-refractivity contribution in [1.82, 2.24) is 5.32 Å². The minimum absolute atomic E-state index is 0.179. The van der Waals surface area contributed by atoms with E-state index in [-0.39, 0.29) is 11.9 Å². The molecule has 162 valence electrons. The second kappa shape index (κ2) is 8.76. The molecule has 0 bridgehead atoms. The van der Waals surface area contributed by atoms with E-state index in [0.29, 0.717) is 35.4 Å². The molecule has 6 nitrogen and oxygen atoms in total. The Morgan fingerprint density at radius 3 is 2.77 bits per heavy atom. The number of carbonyl (C=O) groups excluding carboxylic acids is 1. The van der Waals surface area contributed by atoms with Gasteiger partial charge in [-0.05, 0) is 56.2 Å². The molecular weight excluding hydrogens is 392 g/mol. The van der Waals surface area contributed by atoms with E-state index in [9.17, 15) is 4.79 Å². The first-order chi connectivity index (χ1) is 15.0. The van der Waals surface area contributed by atoms with Gasteiger partial charge in [-0.25, -0.2) is 0 Å². The van der Waals surface area contributed by atoms with Gasteiger partial charge in [-0.3, -0.25) is 4.79 Å². The number of hydrogen-bond acceptors (Lipinski definition) is 5. The van der Waals surface area contributed by atoms with Crippen molar-refractivity contribution in [3.05, 3.63) is 77.2 Å². The lowest BCUT2D eigenvalue weighted by atomic mass is 10.1. The lowest BCUT2D eigenvalue weighted by Crippen LogP contribution is -2.31. The summed E-state index contributed by atoms with van der Waals surface area (Å²) in [6, 6.07) is 15.7. The molecule has 0 spiro atoms. The number of para-hydroxylation sites is 1. The SMILES string of the molecule is COc1ccc(OC)c(C(C)NC(=O)c2ccoc2CN2c3ccccc3CC2C)c1. The van der Waals surface area contributed by atoms with Crippen molar-refractivity contribution < 1.29 is 18.7 Å². The zero-order valence-corrected chi connectivity index (χ0v) is 18.3. The van der Waals surface area contributed by atoms with Crippen LogP contribution in [0.5, 0.6) is 11.5 Å². The van der Waals surface area contributed by atoms with Crippen LogP contribution in [0.15, 0.2) is 59.2 Å². The van der Waals surface area contributed by atoms with Crippen LogP contribution in [0.4, 0.5) is 5.69 Å². The number of anilines is 1. The summed E-state index contributed by atoms with van der Waals surface area (Å²) < 4.78 is 16.5. The lowest BCUT2D eigenvalue weighted by molar-refractivity contribution is 0.0937. The smallest absolute Gasteiger partial charge is 0.255 e. The zero-order chi connectivity index (χ0) is 22.0. The number of carbonyl (C=O) groups is 1. The third-order valence-corrected chi connectivity index (χ3v) is 5.90. The highest BCUT2D eigenvalue weighted by Crippen LogP contribution is 2.34. The molecule has 1 aromatic heterocycles. The van der Waals surface area contributed by atoms with E-state index in [0.717, 1.165) is 12.0 Å². The van der Waals surface area contributed by atoms with Gasteiger partial charge in [0.1, 0.15) is 17.3 Å². The molecule has 0 radical (unpaired) electrons. The Morgan fingerprint density at radius 2 is 2.00 bits per heavy atom. The number of nitrogens with one attached hydrogen (secondary N) is 1. The van der Waals surface area contributed by atoms with Gasteiger partial charge in [-0.2, -0.15) is 0 Å². The molecule has 4 rings (SSSR count). The third-order valence-electron chi connectivity index (χ3n) is 5.90. The molecular formula is C25H28N2O4. The molecule has 2 unspecified atom stereocenters. The fourth-order valence-corrected chi connectivity index (χ4v) is 4.22. The first-order valence-electron chi connectivity index (χ1n) is 10.5. The number of ether oxygens (including phenoxy) is 2. The number of amides is 1. The van der Waals surface area contributed by atoms with Crippen molar-refractivity contribution >= 4 is 11.6 Å². The number of nitrogens with zero attached hydrogens (tertiary/aromatic N) is 1. The van der Waals surface area contributed by atoms with Gasteiger partial charge in [-0.15, -0.1) is 0 Å². The second-order valence-electron chi connectivity index (χ2n) is 7.87. The van der Waals surface area contributed by atoms with Gasteiger partial charge in [0, 0.05) is 17.3 Å². The molecule has 1 aliphatic heterocycles. The van der Waals surface area contributed by atoms with Crippen molar-refractivity contribution in [2.24, 2.45) is 0 Å². The Hall–Kier alpha value is -3.41. The topological polar surface area (TPSA) is 63.9 Å². The summed E-state index contributed by atoms with van der Waals surface area (Å²) in [7, 11) is 3.23. The molecule has 0 aliphatic carbocycles. The Kier molecular flexibility index (Phi) is 5.89. The van der Waals surface area contributed by atoms with Crippen LogP contribution in [0.25, 0.3) is 0 Å². The summed E-state index contributed by atoms with van der Waals surface area (Å²) in [4.78, 5) is 15.4. The van der Waals surface area contributed by atoms with Crippen LogP contribution in [0, 0.1) is 0 Å². The highest BCUT2D eigenvalue weighted by molar-refractivity contribution is 5.95. The first kappa shape index (κ1) is 20.8. The Labute approximate surface area is 182 Å². The van der Waals surface area contributed by atoms with Crippen LogP contribution < -0.4 is 19.7 Å². The highest BCUT2D eigenvalue weighted by Gasteiger charge is 2.28. The predicted octanol–water partition coefficient (Wildman–Crippen LogP) is 4.74. The van der Waals surface area contributed by atoms with E-state index in [2.05, 4.69) is 35.3 Å². The molecule has 0 saturated heterocycles. The van der Waals surface area contributed by atoms with Gasteiger partial charge in [0.15, 0.2) is 0 Å². The molecule has 0 fully saturated rings. The molecule has 1 N–H and O–H groups in total. The van der Waals surface area contributed by atoms with E-state index >= 15 is 0 Å². The summed E-state index contributed by atoms with van der Waals surface area (Å²) in [5, 5.41) is 3.07. The van der Waals surface area contributed by atoms with E-state index in [1.165, 1.54) is 11.3 Å². The van der Waals surface area contributed by atoms with Crippen LogP contribution in [-0.4, -0.2) is 26.2 Å². The highest BCUT2D eigenvalue weighted by atomic mass is 16.5. The summed E-state index contributed by atoms with van der Waals surface area (Å²) in [6.45, 7) is 4.67. The number of fused-ring (bicyclic) bond motifs is 1.